The summed E-state index contributed by atoms with van der Waals surface area (Å²) < 4.78 is 28.9. The van der Waals surface area contributed by atoms with Crippen LogP contribution in [0.15, 0.2) is 40.2 Å². The number of nitrogens with zero attached hydrogens (tertiary/aromatic N) is 2. The van der Waals surface area contributed by atoms with Gasteiger partial charge in [0.15, 0.2) is 0 Å². The van der Waals surface area contributed by atoms with Crippen molar-refractivity contribution in [2.75, 3.05) is 13.1 Å². The van der Waals surface area contributed by atoms with E-state index in [9.17, 15) is 13.2 Å². The van der Waals surface area contributed by atoms with Gasteiger partial charge in [-0.15, -0.1) is 0 Å². The van der Waals surface area contributed by atoms with Crippen LogP contribution < -0.4 is 5.43 Å². The summed E-state index contributed by atoms with van der Waals surface area (Å²) in [6, 6.07) is 7.16. The van der Waals surface area contributed by atoms with Gasteiger partial charge in [0.2, 0.25) is 15.5 Å². The first-order valence-corrected chi connectivity index (χ1v) is 9.12. The van der Waals surface area contributed by atoms with Gasteiger partial charge in [-0.05, 0) is 31.9 Å². The molecule has 6 heteroatoms. The maximum Gasteiger partial charge on any atom is 0.248 e. The molecular formula is C16H20N2O3S. The van der Waals surface area contributed by atoms with Crippen molar-refractivity contribution in [3.63, 3.8) is 0 Å². The highest BCUT2D eigenvalue weighted by atomic mass is 32.2. The Labute approximate surface area is 130 Å². The van der Waals surface area contributed by atoms with Crippen LogP contribution in [0.1, 0.15) is 26.2 Å². The van der Waals surface area contributed by atoms with Gasteiger partial charge in [0.1, 0.15) is 4.90 Å². The largest absolute Gasteiger partial charge is 0.346 e. The van der Waals surface area contributed by atoms with E-state index in [4.69, 9.17) is 0 Å². The molecule has 118 valence electrons. The number of pyridine rings is 1. The number of hydrogen-bond donors (Lipinski definition) is 0. The third kappa shape index (κ3) is 2.46. The summed E-state index contributed by atoms with van der Waals surface area (Å²) in [6.07, 6.45) is 4.25. The van der Waals surface area contributed by atoms with E-state index >= 15 is 0 Å². The van der Waals surface area contributed by atoms with Gasteiger partial charge in [0, 0.05) is 31.2 Å². The lowest BCUT2D eigenvalue weighted by atomic mass is 10.2. The van der Waals surface area contributed by atoms with Crippen LogP contribution in [-0.2, 0) is 16.6 Å². The molecule has 0 atom stereocenters. The Morgan fingerprint density at radius 3 is 2.45 bits per heavy atom. The lowest BCUT2D eigenvalue weighted by molar-refractivity contribution is 0.346. The van der Waals surface area contributed by atoms with Gasteiger partial charge >= 0.3 is 0 Å². The third-order valence-corrected chi connectivity index (χ3v) is 6.12. The van der Waals surface area contributed by atoms with Crippen molar-refractivity contribution < 1.29 is 8.42 Å². The molecule has 1 fully saturated rings. The second kappa shape index (κ2) is 5.85. The minimum Gasteiger partial charge on any atom is -0.346 e. The van der Waals surface area contributed by atoms with Gasteiger partial charge in [-0.1, -0.05) is 18.6 Å². The summed E-state index contributed by atoms with van der Waals surface area (Å²) in [6.45, 7) is 3.55. The Kier molecular flexibility index (Phi) is 4.06. The van der Waals surface area contributed by atoms with Gasteiger partial charge in [-0.3, -0.25) is 4.79 Å². The molecule has 1 aromatic heterocycles. The highest BCUT2D eigenvalue weighted by Crippen LogP contribution is 2.20. The van der Waals surface area contributed by atoms with Gasteiger partial charge in [0.05, 0.1) is 5.52 Å². The summed E-state index contributed by atoms with van der Waals surface area (Å²) in [5, 5.41) is 0.461. The van der Waals surface area contributed by atoms with E-state index in [0.29, 0.717) is 25.0 Å². The van der Waals surface area contributed by atoms with Crippen LogP contribution in [0.25, 0.3) is 10.9 Å². The monoisotopic (exact) mass is 320 g/mol. The van der Waals surface area contributed by atoms with Gasteiger partial charge in [-0.25, -0.2) is 8.42 Å². The number of fused-ring (bicyclic) bond motifs is 1. The second-order valence-electron chi connectivity index (χ2n) is 5.59. The molecule has 1 aliphatic rings. The van der Waals surface area contributed by atoms with E-state index < -0.39 is 15.5 Å². The van der Waals surface area contributed by atoms with Crippen molar-refractivity contribution in [3.8, 4) is 0 Å². The first-order valence-electron chi connectivity index (χ1n) is 7.68. The number of aryl methyl sites for hydroxylation is 1. The van der Waals surface area contributed by atoms with Crippen molar-refractivity contribution in [2.24, 2.45) is 0 Å². The minimum absolute atomic E-state index is 0.102. The molecule has 0 unspecified atom stereocenters. The van der Waals surface area contributed by atoms with Crippen LogP contribution in [0, 0.1) is 0 Å². The fourth-order valence-electron chi connectivity index (χ4n) is 3.01. The number of hydrogen-bond acceptors (Lipinski definition) is 3. The van der Waals surface area contributed by atoms with Crippen molar-refractivity contribution in [1.29, 1.82) is 0 Å². The van der Waals surface area contributed by atoms with E-state index in [1.54, 1.807) is 12.1 Å². The van der Waals surface area contributed by atoms with Crippen molar-refractivity contribution >= 4 is 20.9 Å². The number of benzene rings is 1. The molecule has 0 saturated carbocycles. The van der Waals surface area contributed by atoms with Crippen LogP contribution in [0.4, 0.5) is 0 Å². The van der Waals surface area contributed by atoms with Crippen LogP contribution in [0.3, 0.4) is 0 Å². The lowest BCUT2D eigenvalue weighted by Gasteiger charge is -2.26. The predicted molar refractivity (Wildman–Crippen MR) is 86.5 cm³/mol. The fourth-order valence-corrected chi connectivity index (χ4v) is 4.63. The molecule has 1 saturated heterocycles. The summed E-state index contributed by atoms with van der Waals surface area (Å²) in [4.78, 5) is 12.6. The molecule has 0 aliphatic carbocycles. The van der Waals surface area contributed by atoms with Gasteiger partial charge in [0.25, 0.3) is 0 Å². The van der Waals surface area contributed by atoms with Gasteiger partial charge < -0.3 is 4.57 Å². The zero-order valence-electron chi connectivity index (χ0n) is 12.7. The fraction of sp³-hybridized carbons (Fsp3) is 0.438. The average molecular weight is 320 g/mol. The summed E-state index contributed by atoms with van der Waals surface area (Å²) in [5.41, 5.74) is 0.374. The van der Waals surface area contributed by atoms with Crippen molar-refractivity contribution in [2.45, 2.75) is 37.6 Å². The molecular weight excluding hydrogens is 300 g/mol. The predicted octanol–water partition coefficient (Wildman–Crippen LogP) is 2.20. The zero-order valence-corrected chi connectivity index (χ0v) is 13.5. The molecule has 3 rings (SSSR count). The van der Waals surface area contributed by atoms with Crippen molar-refractivity contribution in [3.05, 3.63) is 40.7 Å². The molecule has 1 aromatic carbocycles. The first kappa shape index (κ1) is 15.2. The molecule has 2 aromatic rings. The highest BCUT2D eigenvalue weighted by molar-refractivity contribution is 7.89. The third-order valence-electron chi connectivity index (χ3n) is 4.23. The van der Waals surface area contributed by atoms with E-state index in [1.807, 2.05) is 23.6 Å². The smallest absolute Gasteiger partial charge is 0.248 e. The van der Waals surface area contributed by atoms with Crippen LogP contribution >= 0.6 is 0 Å². The maximum atomic E-state index is 12.8. The Morgan fingerprint density at radius 2 is 1.77 bits per heavy atom. The number of aromatic nitrogens is 1. The normalized spacial score (nSPS) is 17.0. The molecule has 0 N–H and O–H groups in total. The molecule has 0 radical (unpaired) electrons. The van der Waals surface area contributed by atoms with Crippen LogP contribution in [0.5, 0.6) is 0 Å². The van der Waals surface area contributed by atoms with E-state index in [1.165, 1.54) is 10.5 Å². The molecule has 0 amide bonds. The second-order valence-corrected chi connectivity index (χ2v) is 7.50. The summed E-state index contributed by atoms with van der Waals surface area (Å²) >= 11 is 0. The Bertz CT molecular complexity index is 849. The van der Waals surface area contributed by atoms with Gasteiger partial charge in [-0.2, -0.15) is 4.31 Å². The molecule has 0 spiro atoms. The Morgan fingerprint density at radius 1 is 1.09 bits per heavy atom. The highest BCUT2D eigenvalue weighted by Gasteiger charge is 2.29. The zero-order chi connectivity index (χ0) is 15.7. The number of sulfonamides is 1. The maximum absolute atomic E-state index is 12.8. The van der Waals surface area contributed by atoms with E-state index in [0.717, 1.165) is 24.8 Å². The number of piperidine rings is 1. The molecule has 0 bridgehead atoms. The van der Waals surface area contributed by atoms with E-state index in [-0.39, 0.29) is 4.90 Å². The molecule has 5 nitrogen and oxygen atoms in total. The summed E-state index contributed by atoms with van der Waals surface area (Å²) in [5.74, 6) is 0. The Hall–Kier alpha value is -1.66. The van der Waals surface area contributed by atoms with Crippen LogP contribution in [-0.4, -0.2) is 30.4 Å². The van der Waals surface area contributed by atoms with Crippen molar-refractivity contribution in [1.82, 2.24) is 8.87 Å². The molecule has 1 aliphatic heterocycles. The molecule has 2 heterocycles. The quantitative estimate of drug-likeness (QED) is 0.871. The SMILES string of the molecule is CCn1cc(S(=O)(=O)N2CCCCC2)c(=O)c2ccccc21. The van der Waals surface area contributed by atoms with E-state index in [2.05, 4.69) is 0 Å². The standard InChI is InChI=1S/C16H20N2O3S/c1-2-17-12-15(16(19)13-8-4-5-9-14(13)17)22(20,21)18-10-6-3-7-11-18/h4-5,8-9,12H,2-3,6-7,10-11H2,1H3. The van der Waals surface area contributed by atoms with Crippen LogP contribution in [0.2, 0.25) is 0 Å². The molecule has 22 heavy (non-hydrogen) atoms. The average Bonchev–Trinajstić information content (AvgIpc) is 2.56. The topological polar surface area (TPSA) is 59.4 Å². The minimum atomic E-state index is -3.72. The summed E-state index contributed by atoms with van der Waals surface area (Å²) in [7, 11) is -3.72. The first-order chi connectivity index (χ1) is 10.6. The number of para-hydroxylation sites is 1. The lowest BCUT2D eigenvalue weighted by Crippen LogP contribution is -2.38. The number of rotatable bonds is 3. The Balaban J connectivity index is 2.22.